The summed E-state index contributed by atoms with van der Waals surface area (Å²) in [5.74, 6) is 0.0721. The van der Waals surface area contributed by atoms with Crippen LogP contribution < -0.4 is 15.5 Å². The quantitative estimate of drug-likeness (QED) is 0.368. The molecule has 0 aliphatic rings. The maximum absolute atomic E-state index is 12.0. The van der Waals surface area contributed by atoms with Crippen molar-refractivity contribution in [3.63, 3.8) is 0 Å². The van der Waals surface area contributed by atoms with Gasteiger partial charge in [0.05, 0.1) is 23.4 Å². The molecule has 2 aromatic carbocycles. The van der Waals surface area contributed by atoms with E-state index in [1.54, 1.807) is 25.5 Å². The molecule has 0 aliphatic carbocycles. The van der Waals surface area contributed by atoms with E-state index in [4.69, 9.17) is 27.9 Å². The van der Waals surface area contributed by atoms with Gasteiger partial charge in [0.2, 0.25) is 11.8 Å². The van der Waals surface area contributed by atoms with E-state index in [1.165, 1.54) is 6.07 Å². The molecule has 0 radical (unpaired) electrons. The van der Waals surface area contributed by atoms with Gasteiger partial charge in [-0.3, -0.25) is 9.59 Å². The number of hydrogen-bond acceptors (Lipinski definition) is 4. The summed E-state index contributed by atoms with van der Waals surface area (Å²) in [7, 11) is 1.64. The average Bonchev–Trinajstić information content (AvgIpc) is 2.65. The van der Waals surface area contributed by atoms with Crippen LogP contribution in [0.4, 0.5) is 5.69 Å². The number of aryl methyl sites for hydroxylation is 1. The molecule has 29 heavy (non-hydrogen) atoms. The second kappa shape index (κ2) is 10.3. The number of carbonyl (C=O) groups is 2. The lowest BCUT2D eigenvalue weighted by atomic mass is 9.97. The number of halogens is 2. The van der Waals surface area contributed by atoms with Crippen molar-refractivity contribution < 1.29 is 14.3 Å². The molecular weight excluding hydrogens is 413 g/mol. The van der Waals surface area contributed by atoms with E-state index < -0.39 is 11.8 Å². The van der Waals surface area contributed by atoms with E-state index in [9.17, 15) is 9.59 Å². The van der Waals surface area contributed by atoms with Gasteiger partial charge in [0.25, 0.3) is 0 Å². The Labute approximate surface area is 180 Å². The van der Waals surface area contributed by atoms with E-state index >= 15 is 0 Å². The number of ether oxygens (including phenoxy) is 1. The van der Waals surface area contributed by atoms with Crippen LogP contribution in [0.3, 0.4) is 0 Å². The van der Waals surface area contributed by atoms with E-state index in [0.717, 1.165) is 22.4 Å². The molecule has 0 bridgehead atoms. The Morgan fingerprint density at radius 2 is 1.86 bits per heavy atom. The minimum Gasteiger partial charge on any atom is -0.496 e. The SMILES string of the molecule is COc1cc(C)c(C=NNC(=O)CC(=O)Nc2ccc(Cl)c(Cl)c2)cc1C(C)C. The predicted molar refractivity (Wildman–Crippen MR) is 117 cm³/mol. The van der Waals surface area contributed by atoms with Gasteiger partial charge in [-0.2, -0.15) is 5.10 Å². The molecule has 154 valence electrons. The monoisotopic (exact) mass is 435 g/mol. The highest BCUT2D eigenvalue weighted by Gasteiger charge is 2.12. The van der Waals surface area contributed by atoms with Gasteiger partial charge < -0.3 is 10.1 Å². The number of anilines is 1. The Bertz CT molecular complexity index is 943. The zero-order valence-corrected chi connectivity index (χ0v) is 18.2. The Hall–Kier alpha value is -2.57. The largest absolute Gasteiger partial charge is 0.496 e. The summed E-state index contributed by atoms with van der Waals surface area (Å²) in [6.45, 7) is 6.07. The number of nitrogens with zero attached hydrogens (tertiary/aromatic N) is 1. The lowest BCUT2D eigenvalue weighted by Crippen LogP contribution is -2.24. The van der Waals surface area contributed by atoms with Crippen LogP contribution in [-0.2, 0) is 9.59 Å². The second-order valence-corrected chi connectivity index (χ2v) is 7.57. The highest BCUT2D eigenvalue weighted by atomic mass is 35.5. The molecule has 6 nitrogen and oxygen atoms in total. The lowest BCUT2D eigenvalue weighted by Gasteiger charge is -2.14. The smallest absolute Gasteiger partial charge is 0.249 e. The minimum atomic E-state index is -0.533. The normalized spacial score (nSPS) is 11.0. The molecule has 0 atom stereocenters. The summed E-state index contributed by atoms with van der Waals surface area (Å²) in [5, 5.41) is 7.24. The van der Waals surface area contributed by atoms with E-state index in [2.05, 4.69) is 29.7 Å². The molecule has 2 rings (SSSR count). The van der Waals surface area contributed by atoms with Crippen LogP contribution >= 0.6 is 23.2 Å². The van der Waals surface area contributed by atoms with Gasteiger partial charge in [0.1, 0.15) is 12.2 Å². The Kier molecular flexibility index (Phi) is 8.05. The Balaban J connectivity index is 1.96. The number of rotatable bonds is 7. The molecule has 0 saturated carbocycles. The summed E-state index contributed by atoms with van der Waals surface area (Å²) < 4.78 is 5.42. The summed E-state index contributed by atoms with van der Waals surface area (Å²) in [5.41, 5.74) is 5.68. The third-order valence-corrected chi connectivity index (χ3v) is 4.90. The number of nitrogens with one attached hydrogen (secondary N) is 2. The fourth-order valence-corrected chi connectivity index (χ4v) is 2.92. The first kappa shape index (κ1) is 22.7. The van der Waals surface area contributed by atoms with Crippen LogP contribution in [0.5, 0.6) is 5.75 Å². The lowest BCUT2D eigenvalue weighted by molar-refractivity contribution is -0.126. The highest BCUT2D eigenvalue weighted by Crippen LogP contribution is 2.29. The predicted octanol–water partition coefficient (Wildman–Crippen LogP) is 4.91. The van der Waals surface area contributed by atoms with Crippen LogP contribution in [0.1, 0.15) is 42.9 Å². The maximum Gasteiger partial charge on any atom is 0.249 e. The summed E-state index contributed by atoms with van der Waals surface area (Å²) >= 11 is 11.7. The fraction of sp³-hybridized carbons (Fsp3) is 0.286. The zero-order chi connectivity index (χ0) is 21.6. The molecule has 0 heterocycles. The molecule has 2 amide bonds. The van der Waals surface area contributed by atoms with Crippen molar-refractivity contribution in [1.29, 1.82) is 0 Å². The molecule has 0 aromatic heterocycles. The standard InChI is InChI=1S/C21H23Cl2N3O3/c1-12(2)16-8-14(13(3)7-19(16)29-4)11-24-26-21(28)10-20(27)25-15-5-6-17(22)18(23)9-15/h5-9,11-12H,10H2,1-4H3,(H,25,27)(H,26,28). The first-order valence-electron chi connectivity index (χ1n) is 8.96. The number of benzene rings is 2. The zero-order valence-electron chi connectivity index (χ0n) is 16.7. The van der Waals surface area contributed by atoms with Crippen LogP contribution in [-0.4, -0.2) is 25.1 Å². The third kappa shape index (κ3) is 6.48. The van der Waals surface area contributed by atoms with Crippen LogP contribution in [0.15, 0.2) is 35.4 Å². The summed E-state index contributed by atoms with van der Waals surface area (Å²) in [6, 6.07) is 8.58. The number of carbonyl (C=O) groups excluding carboxylic acids is 2. The summed E-state index contributed by atoms with van der Waals surface area (Å²) in [6.07, 6.45) is 1.17. The van der Waals surface area contributed by atoms with E-state index in [-0.39, 0.29) is 12.3 Å². The molecule has 8 heteroatoms. The first-order valence-corrected chi connectivity index (χ1v) is 9.72. The van der Waals surface area contributed by atoms with Crippen LogP contribution in [0.2, 0.25) is 10.0 Å². The Morgan fingerprint density at radius 1 is 1.14 bits per heavy atom. The summed E-state index contributed by atoms with van der Waals surface area (Å²) in [4.78, 5) is 23.9. The number of methoxy groups -OCH3 is 1. The third-order valence-electron chi connectivity index (χ3n) is 4.16. The van der Waals surface area contributed by atoms with Gasteiger partial charge in [-0.25, -0.2) is 5.43 Å². The van der Waals surface area contributed by atoms with E-state index in [1.807, 2.05) is 19.1 Å². The van der Waals surface area contributed by atoms with Crippen molar-refractivity contribution in [3.05, 3.63) is 57.1 Å². The second-order valence-electron chi connectivity index (χ2n) is 6.75. The van der Waals surface area contributed by atoms with Crippen molar-refractivity contribution in [2.24, 2.45) is 5.10 Å². The average molecular weight is 436 g/mol. The van der Waals surface area contributed by atoms with Crippen LogP contribution in [0, 0.1) is 6.92 Å². The highest BCUT2D eigenvalue weighted by molar-refractivity contribution is 6.42. The fourth-order valence-electron chi connectivity index (χ4n) is 2.62. The molecular formula is C21H23Cl2N3O3. The molecule has 0 unspecified atom stereocenters. The molecule has 0 spiro atoms. The van der Waals surface area contributed by atoms with Crippen molar-refractivity contribution in [2.45, 2.75) is 33.1 Å². The van der Waals surface area contributed by atoms with Crippen molar-refractivity contribution in [1.82, 2.24) is 5.43 Å². The van der Waals surface area contributed by atoms with Crippen molar-refractivity contribution in [2.75, 3.05) is 12.4 Å². The van der Waals surface area contributed by atoms with E-state index in [0.29, 0.717) is 15.7 Å². The molecule has 0 aliphatic heterocycles. The Morgan fingerprint density at radius 3 is 2.48 bits per heavy atom. The van der Waals surface area contributed by atoms with Crippen molar-refractivity contribution in [3.8, 4) is 5.75 Å². The van der Waals surface area contributed by atoms with Crippen molar-refractivity contribution >= 4 is 46.9 Å². The van der Waals surface area contributed by atoms with Gasteiger partial charge in [-0.1, -0.05) is 37.0 Å². The molecule has 2 N–H and O–H groups in total. The van der Waals surface area contributed by atoms with Crippen LogP contribution in [0.25, 0.3) is 0 Å². The van der Waals surface area contributed by atoms with Gasteiger partial charge in [0, 0.05) is 5.69 Å². The maximum atomic E-state index is 12.0. The first-order chi connectivity index (χ1) is 13.7. The van der Waals surface area contributed by atoms with Gasteiger partial charge in [-0.05, 0) is 59.9 Å². The molecule has 0 fully saturated rings. The van der Waals surface area contributed by atoms with Gasteiger partial charge in [0.15, 0.2) is 0 Å². The molecule has 0 saturated heterocycles. The topological polar surface area (TPSA) is 79.8 Å². The van der Waals surface area contributed by atoms with Gasteiger partial charge >= 0.3 is 0 Å². The van der Waals surface area contributed by atoms with Gasteiger partial charge in [-0.15, -0.1) is 0 Å². The number of hydrogen-bond donors (Lipinski definition) is 2. The minimum absolute atomic E-state index is 0.275. The number of hydrazone groups is 1. The number of amides is 2. The molecule has 2 aromatic rings.